The van der Waals surface area contributed by atoms with Crippen LogP contribution in [0.1, 0.15) is 26.2 Å². The Balaban J connectivity index is 3.33. The monoisotopic (exact) mass is 139 g/mol. The Kier molecular flexibility index (Phi) is 4.61. The molecule has 2 heteroatoms. The van der Waals surface area contributed by atoms with E-state index in [0.29, 0.717) is 6.42 Å². The Bertz CT molecular complexity index is 144. The standard InChI is InChI=1S/C8H13NO/c1-3-4-8(10)6-5-7(2)9/h1,7H,4-6,9H2,2H3. The summed E-state index contributed by atoms with van der Waals surface area (Å²) in [6, 6.07) is 0.0988. The summed E-state index contributed by atoms with van der Waals surface area (Å²) in [5, 5.41) is 0. The van der Waals surface area contributed by atoms with E-state index in [1.165, 1.54) is 0 Å². The Morgan fingerprint density at radius 3 is 2.80 bits per heavy atom. The van der Waals surface area contributed by atoms with Crippen molar-refractivity contribution in [1.82, 2.24) is 0 Å². The van der Waals surface area contributed by atoms with Crippen molar-refractivity contribution in [3.8, 4) is 12.3 Å². The van der Waals surface area contributed by atoms with Crippen LogP contribution in [-0.2, 0) is 4.79 Å². The molecule has 1 atom stereocenters. The molecular formula is C8H13NO. The van der Waals surface area contributed by atoms with E-state index in [1.807, 2.05) is 6.92 Å². The van der Waals surface area contributed by atoms with E-state index in [4.69, 9.17) is 12.2 Å². The summed E-state index contributed by atoms with van der Waals surface area (Å²) in [5.41, 5.74) is 5.43. The lowest BCUT2D eigenvalue weighted by atomic mass is 10.1. The van der Waals surface area contributed by atoms with Gasteiger partial charge >= 0.3 is 0 Å². The summed E-state index contributed by atoms with van der Waals surface area (Å²) in [7, 11) is 0. The normalized spacial score (nSPS) is 12.1. The highest BCUT2D eigenvalue weighted by Gasteiger charge is 2.00. The van der Waals surface area contributed by atoms with Gasteiger partial charge in [-0.2, -0.15) is 0 Å². The van der Waals surface area contributed by atoms with Gasteiger partial charge in [-0.1, -0.05) is 5.92 Å². The fraction of sp³-hybridized carbons (Fsp3) is 0.625. The largest absolute Gasteiger partial charge is 0.328 e. The molecule has 0 aliphatic heterocycles. The van der Waals surface area contributed by atoms with Crippen LogP contribution in [-0.4, -0.2) is 11.8 Å². The molecule has 0 aliphatic rings. The van der Waals surface area contributed by atoms with Gasteiger partial charge < -0.3 is 5.73 Å². The Morgan fingerprint density at radius 2 is 2.40 bits per heavy atom. The van der Waals surface area contributed by atoms with E-state index >= 15 is 0 Å². The highest BCUT2D eigenvalue weighted by Crippen LogP contribution is 1.96. The minimum absolute atomic E-state index is 0.0988. The summed E-state index contributed by atoms with van der Waals surface area (Å²) in [6.45, 7) is 1.88. The van der Waals surface area contributed by atoms with Crippen molar-refractivity contribution in [2.75, 3.05) is 0 Å². The van der Waals surface area contributed by atoms with Crippen LogP contribution in [0, 0.1) is 12.3 Å². The van der Waals surface area contributed by atoms with E-state index < -0.39 is 0 Å². The van der Waals surface area contributed by atoms with Gasteiger partial charge in [-0.05, 0) is 13.3 Å². The zero-order chi connectivity index (χ0) is 7.98. The number of terminal acetylenes is 1. The second-order valence-electron chi connectivity index (χ2n) is 2.44. The van der Waals surface area contributed by atoms with E-state index in [-0.39, 0.29) is 18.2 Å². The number of hydrogen-bond donors (Lipinski definition) is 1. The second-order valence-corrected chi connectivity index (χ2v) is 2.44. The summed E-state index contributed by atoms with van der Waals surface area (Å²) < 4.78 is 0. The van der Waals surface area contributed by atoms with Crippen molar-refractivity contribution in [3.63, 3.8) is 0 Å². The lowest BCUT2D eigenvalue weighted by molar-refractivity contribution is -0.118. The molecule has 0 spiro atoms. The number of rotatable bonds is 4. The third kappa shape index (κ3) is 5.33. The molecule has 0 aromatic rings. The first kappa shape index (κ1) is 9.19. The van der Waals surface area contributed by atoms with Gasteiger partial charge in [-0.25, -0.2) is 0 Å². The SMILES string of the molecule is C#CCC(=O)CCC(C)N. The van der Waals surface area contributed by atoms with Gasteiger partial charge in [0.1, 0.15) is 5.78 Å². The summed E-state index contributed by atoms with van der Waals surface area (Å²) in [6.07, 6.45) is 6.43. The maximum Gasteiger partial charge on any atom is 0.144 e. The van der Waals surface area contributed by atoms with Crippen LogP contribution in [0.5, 0.6) is 0 Å². The van der Waals surface area contributed by atoms with Crippen molar-refractivity contribution < 1.29 is 4.79 Å². The molecule has 56 valence electrons. The first-order chi connectivity index (χ1) is 4.66. The highest BCUT2D eigenvalue weighted by molar-refractivity contribution is 5.80. The lowest BCUT2D eigenvalue weighted by Crippen LogP contribution is -2.16. The zero-order valence-electron chi connectivity index (χ0n) is 6.26. The smallest absolute Gasteiger partial charge is 0.144 e. The van der Waals surface area contributed by atoms with E-state index in [0.717, 1.165) is 6.42 Å². The number of nitrogens with two attached hydrogens (primary N) is 1. The van der Waals surface area contributed by atoms with Gasteiger partial charge in [0.2, 0.25) is 0 Å². The average molecular weight is 139 g/mol. The molecule has 0 aromatic carbocycles. The molecule has 0 heterocycles. The molecule has 2 nitrogen and oxygen atoms in total. The molecule has 0 saturated carbocycles. The molecule has 0 aromatic heterocycles. The second kappa shape index (κ2) is 5.01. The molecule has 2 N–H and O–H groups in total. The predicted octanol–water partition coefficient (Wildman–Crippen LogP) is 0.706. The van der Waals surface area contributed by atoms with Gasteiger partial charge in [0, 0.05) is 12.5 Å². The molecule has 0 rings (SSSR count). The topological polar surface area (TPSA) is 43.1 Å². The Hall–Kier alpha value is -0.810. The highest BCUT2D eigenvalue weighted by atomic mass is 16.1. The van der Waals surface area contributed by atoms with Crippen molar-refractivity contribution in [1.29, 1.82) is 0 Å². The molecular weight excluding hydrogens is 126 g/mol. The minimum Gasteiger partial charge on any atom is -0.328 e. The minimum atomic E-state index is 0.0988. The average Bonchev–Trinajstić information content (AvgIpc) is 1.85. The predicted molar refractivity (Wildman–Crippen MR) is 41.3 cm³/mol. The fourth-order valence-corrected chi connectivity index (χ4v) is 0.591. The maximum absolute atomic E-state index is 10.7. The van der Waals surface area contributed by atoms with Gasteiger partial charge in [0.25, 0.3) is 0 Å². The third-order valence-electron chi connectivity index (χ3n) is 1.18. The van der Waals surface area contributed by atoms with Crippen molar-refractivity contribution in [3.05, 3.63) is 0 Å². The zero-order valence-corrected chi connectivity index (χ0v) is 6.26. The number of Topliss-reactive ketones (excluding diaryl/α,β-unsaturated/α-hetero) is 1. The number of carbonyl (C=O) groups is 1. The van der Waals surface area contributed by atoms with Crippen LogP contribution in [0.15, 0.2) is 0 Å². The molecule has 0 radical (unpaired) electrons. The third-order valence-corrected chi connectivity index (χ3v) is 1.18. The quantitative estimate of drug-likeness (QED) is 0.583. The van der Waals surface area contributed by atoms with Crippen LogP contribution in [0.2, 0.25) is 0 Å². The van der Waals surface area contributed by atoms with Gasteiger partial charge in [0.15, 0.2) is 0 Å². The maximum atomic E-state index is 10.7. The molecule has 0 bridgehead atoms. The molecule has 0 amide bonds. The van der Waals surface area contributed by atoms with E-state index in [9.17, 15) is 4.79 Å². The van der Waals surface area contributed by atoms with Gasteiger partial charge in [-0.15, -0.1) is 6.42 Å². The molecule has 10 heavy (non-hydrogen) atoms. The van der Waals surface area contributed by atoms with Crippen LogP contribution in [0.3, 0.4) is 0 Å². The molecule has 1 unspecified atom stereocenters. The van der Waals surface area contributed by atoms with Crippen molar-refractivity contribution in [2.45, 2.75) is 32.2 Å². The van der Waals surface area contributed by atoms with E-state index in [1.54, 1.807) is 0 Å². The lowest BCUT2D eigenvalue weighted by Gasteiger charge is -2.00. The van der Waals surface area contributed by atoms with Crippen LogP contribution in [0.4, 0.5) is 0 Å². The van der Waals surface area contributed by atoms with Crippen molar-refractivity contribution in [2.24, 2.45) is 5.73 Å². The summed E-state index contributed by atoms with van der Waals surface area (Å²) >= 11 is 0. The van der Waals surface area contributed by atoms with Crippen LogP contribution < -0.4 is 5.73 Å². The molecule has 0 saturated heterocycles. The molecule has 0 aliphatic carbocycles. The number of ketones is 1. The summed E-state index contributed by atoms with van der Waals surface area (Å²) in [4.78, 5) is 10.7. The number of carbonyl (C=O) groups excluding carboxylic acids is 1. The van der Waals surface area contributed by atoms with E-state index in [2.05, 4.69) is 5.92 Å². The molecule has 0 fully saturated rings. The first-order valence-electron chi connectivity index (χ1n) is 3.37. The summed E-state index contributed by atoms with van der Waals surface area (Å²) in [5.74, 6) is 2.41. The van der Waals surface area contributed by atoms with Crippen LogP contribution >= 0.6 is 0 Å². The van der Waals surface area contributed by atoms with Crippen molar-refractivity contribution >= 4 is 5.78 Å². The first-order valence-corrected chi connectivity index (χ1v) is 3.37. The Morgan fingerprint density at radius 1 is 1.80 bits per heavy atom. The van der Waals surface area contributed by atoms with Crippen LogP contribution in [0.25, 0.3) is 0 Å². The Labute approximate surface area is 61.8 Å². The van der Waals surface area contributed by atoms with Gasteiger partial charge in [0.05, 0.1) is 6.42 Å². The van der Waals surface area contributed by atoms with Gasteiger partial charge in [-0.3, -0.25) is 4.79 Å². The number of hydrogen-bond acceptors (Lipinski definition) is 2. The fourth-order valence-electron chi connectivity index (χ4n) is 0.591.